The van der Waals surface area contributed by atoms with Crippen molar-refractivity contribution in [3.8, 4) is 11.5 Å². The highest BCUT2D eigenvalue weighted by atomic mass is 32.1. The topological polar surface area (TPSA) is 100.0 Å². The van der Waals surface area contributed by atoms with E-state index in [0.717, 1.165) is 16.1 Å². The molecule has 2 N–H and O–H groups in total. The summed E-state index contributed by atoms with van der Waals surface area (Å²) in [7, 11) is 1.41. The third-order valence-electron chi connectivity index (χ3n) is 5.51. The van der Waals surface area contributed by atoms with Crippen LogP contribution in [0.5, 0.6) is 11.5 Å². The van der Waals surface area contributed by atoms with Crippen molar-refractivity contribution in [1.82, 2.24) is 4.98 Å². The minimum absolute atomic E-state index is 0.0443. The minimum Gasteiger partial charge on any atom is -0.507 e. The molecule has 1 saturated heterocycles. The number of aliphatic hydroxyl groups is 1. The lowest BCUT2D eigenvalue weighted by atomic mass is 9.95. The number of hydrogen-bond donors (Lipinski definition) is 2. The Morgan fingerprint density at radius 3 is 2.38 bits per heavy atom. The Bertz CT molecular complexity index is 1240. The van der Waals surface area contributed by atoms with Crippen LogP contribution in [0, 0.1) is 20.8 Å². The average molecular weight is 451 g/mol. The number of ether oxygens (including phenoxy) is 1. The number of nitrogens with zero attached hydrogens (tertiary/aromatic N) is 2. The lowest BCUT2D eigenvalue weighted by Gasteiger charge is -2.23. The molecule has 1 aliphatic heterocycles. The zero-order valence-corrected chi connectivity index (χ0v) is 18.9. The van der Waals surface area contributed by atoms with Gasteiger partial charge in [-0.2, -0.15) is 0 Å². The smallest absolute Gasteiger partial charge is 0.301 e. The summed E-state index contributed by atoms with van der Waals surface area (Å²) in [5.74, 6) is -1.73. The highest BCUT2D eigenvalue weighted by molar-refractivity contribution is 7.16. The van der Waals surface area contributed by atoms with Crippen LogP contribution in [-0.4, -0.2) is 34.0 Å². The second-order valence-corrected chi connectivity index (χ2v) is 8.79. The van der Waals surface area contributed by atoms with Gasteiger partial charge in [-0.15, -0.1) is 11.3 Å². The SMILES string of the molecule is COc1cc([C@@H]2C(=C(O)c3ccc(C)cc3)C(=O)C(=O)N2c2nc(C)c(C)s2)ccc1O. The van der Waals surface area contributed by atoms with Gasteiger partial charge in [-0.05, 0) is 38.5 Å². The van der Waals surface area contributed by atoms with E-state index in [9.17, 15) is 19.8 Å². The molecular weight excluding hydrogens is 428 g/mol. The Hall–Kier alpha value is -3.65. The summed E-state index contributed by atoms with van der Waals surface area (Å²) in [5, 5.41) is 21.5. The number of methoxy groups -OCH3 is 1. The predicted octanol–water partition coefficient (Wildman–Crippen LogP) is 4.41. The highest BCUT2D eigenvalue weighted by Gasteiger charge is 2.48. The van der Waals surface area contributed by atoms with E-state index in [2.05, 4.69) is 4.98 Å². The van der Waals surface area contributed by atoms with E-state index in [4.69, 9.17) is 4.74 Å². The Balaban J connectivity index is 1.97. The lowest BCUT2D eigenvalue weighted by molar-refractivity contribution is -0.132. The van der Waals surface area contributed by atoms with Crippen LogP contribution in [0.15, 0.2) is 48.0 Å². The minimum atomic E-state index is -0.934. The predicted molar refractivity (Wildman–Crippen MR) is 122 cm³/mol. The van der Waals surface area contributed by atoms with E-state index in [1.54, 1.807) is 24.3 Å². The van der Waals surface area contributed by atoms with Crippen molar-refractivity contribution in [3.05, 3.63) is 75.3 Å². The van der Waals surface area contributed by atoms with Crippen molar-refractivity contribution in [2.45, 2.75) is 26.8 Å². The van der Waals surface area contributed by atoms with Gasteiger partial charge in [0.25, 0.3) is 5.78 Å². The van der Waals surface area contributed by atoms with Crippen molar-refractivity contribution in [2.75, 3.05) is 12.0 Å². The largest absolute Gasteiger partial charge is 0.507 e. The van der Waals surface area contributed by atoms with Crippen LogP contribution in [0.25, 0.3) is 5.76 Å². The first-order valence-electron chi connectivity index (χ1n) is 9.92. The van der Waals surface area contributed by atoms with Crippen LogP contribution in [-0.2, 0) is 9.59 Å². The molecule has 0 aliphatic carbocycles. The van der Waals surface area contributed by atoms with Gasteiger partial charge in [0.1, 0.15) is 5.76 Å². The number of aliphatic hydroxyl groups excluding tert-OH is 1. The molecule has 1 atom stereocenters. The summed E-state index contributed by atoms with van der Waals surface area (Å²) in [5.41, 5.74) is 2.63. The van der Waals surface area contributed by atoms with Gasteiger partial charge in [-0.1, -0.05) is 35.9 Å². The molecule has 1 fully saturated rings. The van der Waals surface area contributed by atoms with Crippen molar-refractivity contribution in [3.63, 3.8) is 0 Å². The van der Waals surface area contributed by atoms with Crippen molar-refractivity contribution in [1.29, 1.82) is 0 Å². The first kappa shape index (κ1) is 21.6. The fourth-order valence-electron chi connectivity index (χ4n) is 3.64. The van der Waals surface area contributed by atoms with Crippen LogP contribution < -0.4 is 9.64 Å². The average Bonchev–Trinajstić information content (AvgIpc) is 3.24. The second kappa shape index (κ2) is 8.12. The number of hydrogen-bond acceptors (Lipinski definition) is 7. The molecule has 0 spiro atoms. The van der Waals surface area contributed by atoms with Crippen LogP contribution in [0.2, 0.25) is 0 Å². The van der Waals surface area contributed by atoms with Gasteiger partial charge < -0.3 is 14.9 Å². The maximum Gasteiger partial charge on any atom is 0.301 e. The molecule has 4 rings (SSSR count). The Morgan fingerprint density at radius 1 is 1.09 bits per heavy atom. The first-order valence-corrected chi connectivity index (χ1v) is 10.7. The number of carbonyl (C=O) groups is 2. The fourth-order valence-corrected chi connectivity index (χ4v) is 4.57. The number of benzene rings is 2. The fraction of sp³-hybridized carbons (Fsp3) is 0.208. The number of ketones is 1. The monoisotopic (exact) mass is 450 g/mol. The van der Waals surface area contributed by atoms with Crippen LogP contribution >= 0.6 is 11.3 Å². The van der Waals surface area contributed by atoms with E-state index in [0.29, 0.717) is 16.3 Å². The van der Waals surface area contributed by atoms with Gasteiger partial charge in [0.2, 0.25) is 0 Å². The number of aryl methyl sites for hydroxylation is 3. The second-order valence-electron chi connectivity index (χ2n) is 7.60. The molecule has 1 aromatic heterocycles. The summed E-state index contributed by atoms with van der Waals surface area (Å²) in [6.07, 6.45) is 0. The van der Waals surface area contributed by atoms with Gasteiger partial charge in [-0.3, -0.25) is 14.5 Å². The number of phenols is 1. The summed E-state index contributed by atoms with van der Waals surface area (Å²) < 4.78 is 5.23. The number of anilines is 1. The third kappa shape index (κ3) is 3.52. The number of aromatic nitrogens is 1. The zero-order valence-electron chi connectivity index (χ0n) is 18.0. The Labute approximate surface area is 189 Å². The molecule has 164 valence electrons. The molecule has 0 bridgehead atoms. The molecule has 0 saturated carbocycles. The summed E-state index contributed by atoms with van der Waals surface area (Å²) in [6.45, 7) is 5.63. The Morgan fingerprint density at radius 2 is 1.78 bits per heavy atom. The summed E-state index contributed by atoms with van der Waals surface area (Å²) >= 11 is 1.30. The molecular formula is C24H22N2O5S. The molecule has 1 amide bonds. The van der Waals surface area contributed by atoms with E-state index < -0.39 is 17.7 Å². The molecule has 2 heterocycles. The van der Waals surface area contributed by atoms with Gasteiger partial charge in [0.15, 0.2) is 16.6 Å². The van der Waals surface area contributed by atoms with E-state index in [1.165, 1.54) is 29.4 Å². The summed E-state index contributed by atoms with van der Waals surface area (Å²) in [6, 6.07) is 10.7. The van der Waals surface area contributed by atoms with Crippen LogP contribution in [0.4, 0.5) is 5.13 Å². The molecule has 32 heavy (non-hydrogen) atoms. The van der Waals surface area contributed by atoms with Crippen LogP contribution in [0.3, 0.4) is 0 Å². The number of Topliss-reactive ketones (excluding diaryl/α,β-unsaturated/α-hetero) is 1. The quantitative estimate of drug-likeness (QED) is 0.347. The third-order valence-corrected chi connectivity index (χ3v) is 6.58. The molecule has 7 nitrogen and oxygen atoms in total. The maximum atomic E-state index is 13.2. The number of thiazole rings is 1. The number of phenolic OH excluding ortho intramolecular Hbond substituents is 1. The van der Waals surface area contributed by atoms with Gasteiger partial charge >= 0.3 is 5.91 Å². The molecule has 1 aliphatic rings. The maximum absolute atomic E-state index is 13.2. The number of amides is 1. The molecule has 2 aromatic carbocycles. The van der Waals surface area contributed by atoms with Crippen molar-refractivity contribution >= 4 is 33.9 Å². The zero-order chi connectivity index (χ0) is 23.2. The normalized spacial score (nSPS) is 17.8. The van der Waals surface area contributed by atoms with Crippen molar-refractivity contribution < 1.29 is 24.5 Å². The summed E-state index contributed by atoms with van der Waals surface area (Å²) in [4.78, 5) is 33.0. The van der Waals surface area contributed by atoms with Crippen molar-refractivity contribution in [2.24, 2.45) is 0 Å². The van der Waals surface area contributed by atoms with E-state index >= 15 is 0 Å². The number of carbonyl (C=O) groups excluding carboxylic acids is 2. The molecule has 3 aromatic rings. The molecule has 8 heteroatoms. The number of rotatable bonds is 4. The molecule has 0 unspecified atom stereocenters. The Kier molecular flexibility index (Phi) is 5.48. The number of aromatic hydroxyl groups is 1. The van der Waals surface area contributed by atoms with Crippen LogP contribution in [0.1, 0.15) is 33.3 Å². The standard InChI is InChI=1S/C24H22N2O5S/c1-12-5-7-15(8-6-12)21(28)19-20(16-9-10-17(27)18(11-16)31-4)26(23(30)22(19)29)24-25-13(2)14(3)32-24/h5-11,20,27-28H,1-4H3/t20-/m1/s1. The van der Waals surface area contributed by atoms with Gasteiger partial charge in [-0.25, -0.2) is 4.98 Å². The first-order chi connectivity index (χ1) is 15.2. The molecule has 0 radical (unpaired) electrons. The van der Waals surface area contributed by atoms with E-state index in [-0.39, 0.29) is 22.8 Å². The van der Waals surface area contributed by atoms with Gasteiger partial charge in [0.05, 0.1) is 24.4 Å². The van der Waals surface area contributed by atoms with Gasteiger partial charge in [0, 0.05) is 10.4 Å². The van der Waals surface area contributed by atoms with E-state index in [1.807, 2.05) is 32.9 Å². The highest BCUT2D eigenvalue weighted by Crippen LogP contribution is 2.45. The lowest BCUT2D eigenvalue weighted by Crippen LogP contribution is -2.29.